The Hall–Kier alpha value is -2.37. The molecule has 0 atom stereocenters. The number of thiazole rings is 1. The first-order valence-electron chi connectivity index (χ1n) is 9.57. The second-order valence-electron chi connectivity index (χ2n) is 7.16. The van der Waals surface area contributed by atoms with E-state index in [2.05, 4.69) is 41.5 Å². The van der Waals surface area contributed by atoms with Crippen LogP contribution < -0.4 is 10.1 Å². The maximum Gasteiger partial charge on any atom is 0.226 e. The number of hydrogen-bond donors (Lipinski definition) is 1. The number of carbonyl (C=O) groups excluding carboxylic acids is 1. The Bertz CT molecular complexity index is 989. The lowest BCUT2D eigenvalue weighted by molar-refractivity contribution is -0.116. The summed E-state index contributed by atoms with van der Waals surface area (Å²) in [5.74, 6) is 0.726. The Morgan fingerprint density at radius 1 is 1.10 bits per heavy atom. The van der Waals surface area contributed by atoms with Crippen molar-refractivity contribution >= 4 is 34.0 Å². The molecule has 0 radical (unpaired) electrons. The smallest absolute Gasteiger partial charge is 0.226 e. The van der Waals surface area contributed by atoms with Gasteiger partial charge in [0.25, 0.3) is 0 Å². The fraction of sp³-hybridized carbons (Fsp3) is 0.304. The van der Waals surface area contributed by atoms with E-state index in [0.717, 1.165) is 38.0 Å². The third-order valence-electron chi connectivity index (χ3n) is 4.59. The van der Waals surface area contributed by atoms with Crippen LogP contribution in [0.3, 0.4) is 0 Å². The first kappa shape index (κ1) is 21.3. The molecule has 29 heavy (non-hydrogen) atoms. The molecular weight excluding hydrogens is 404 g/mol. The van der Waals surface area contributed by atoms with Gasteiger partial charge in [0.1, 0.15) is 5.75 Å². The summed E-state index contributed by atoms with van der Waals surface area (Å²) < 4.78 is 5.76. The molecule has 0 saturated carbocycles. The summed E-state index contributed by atoms with van der Waals surface area (Å²) in [5.41, 5.74) is 5.17. The molecule has 0 aliphatic rings. The van der Waals surface area contributed by atoms with Gasteiger partial charge >= 0.3 is 0 Å². The van der Waals surface area contributed by atoms with Crippen molar-refractivity contribution in [2.75, 3.05) is 11.9 Å². The lowest BCUT2D eigenvalue weighted by atomic mass is 10.1. The quantitative estimate of drug-likeness (QED) is 0.437. The predicted octanol–water partition coefficient (Wildman–Crippen LogP) is 6.49. The van der Waals surface area contributed by atoms with E-state index in [1.807, 2.05) is 32.9 Å². The van der Waals surface area contributed by atoms with Gasteiger partial charge in [0.15, 0.2) is 5.13 Å². The summed E-state index contributed by atoms with van der Waals surface area (Å²) in [6.07, 6.45) is 1.01. The number of rotatable bonds is 7. The van der Waals surface area contributed by atoms with Gasteiger partial charge < -0.3 is 10.1 Å². The van der Waals surface area contributed by atoms with Gasteiger partial charge in [-0.3, -0.25) is 4.79 Å². The van der Waals surface area contributed by atoms with Gasteiger partial charge in [0.2, 0.25) is 5.91 Å². The molecule has 0 fully saturated rings. The number of hydrogen-bond acceptors (Lipinski definition) is 4. The fourth-order valence-corrected chi connectivity index (χ4v) is 3.98. The van der Waals surface area contributed by atoms with Crippen molar-refractivity contribution in [1.29, 1.82) is 0 Å². The molecule has 1 N–H and O–H groups in total. The van der Waals surface area contributed by atoms with Gasteiger partial charge in [-0.1, -0.05) is 41.4 Å². The van der Waals surface area contributed by atoms with Crippen LogP contribution in [0.15, 0.2) is 36.4 Å². The number of nitrogens with zero attached hydrogens (tertiary/aromatic N) is 1. The molecule has 3 aromatic rings. The topological polar surface area (TPSA) is 51.2 Å². The zero-order valence-corrected chi connectivity index (χ0v) is 18.7. The number of anilines is 1. The maximum atomic E-state index is 12.3. The Balaban J connectivity index is 1.50. The standard InChI is InChI=1S/C23H25ClN2O2S/c1-14-7-9-18(10-8-14)22-17(4)29-23(26-22)25-20(27)6-5-11-28-19-12-15(2)21(24)16(3)13-19/h7-10,12-13H,5-6,11H2,1-4H3,(H,25,26,27). The Kier molecular flexibility index (Phi) is 6.93. The molecular formula is C23H25ClN2O2S. The van der Waals surface area contributed by atoms with Crippen molar-refractivity contribution in [3.63, 3.8) is 0 Å². The highest BCUT2D eigenvalue weighted by atomic mass is 35.5. The molecule has 3 rings (SSSR count). The molecule has 2 aromatic carbocycles. The zero-order valence-electron chi connectivity index (χ0n) is 17.1. The molecule has 0 spiro atoms. The average Bonchev–Trinajstić information content (AvgIpc) is 3.03. The van der Waals surface area contributed by atoms with Crippen molar-refractivity contribution in [1.82, 2.24) is 4.98 Å². The van der Waals surface area contributed by atoms with Crippen molar-refractivity contribution in [2.45, 2.75) is 40.5 Å². The Morgan fingerprint density at radius 3 is 2.41 bits per heavy atom. The summed E-state index contributed by atoms with van der Waals surface area (Å²) in [5, 5.41) is 4.30. The molecule has 0 aliphatic carbocycles. The second-order valence-corrected chi connectivity index (χ2v) is 8.74. The van der Waals surface area contributed by atoms with Gasteiger partial charge in [-0.2, -0.15) is 0 Å². The SMILES string of the molecule is Cc1ccc(-c2nc(NC(=O)CCCOc3cc(C)c(Cl)c(C)c3)sc2C)cc1. The number of carbonyl (C=O) groups is 1. The Labute approximate surface area is 180 Å². The summed E-state index contributed by atoms with van der Waals surface area (Å²) in [6, 6.07) is 12.1. The van der Waals surface area contributed by atoms with Gasteiger partial charge in [-0.05, 0) is 57.4 Å². The van der Waals surface area contributed by atoms with Crippen LogP contribution in [0.1, 0.15) is 34.4 Å². The minimum Gasteiger partial charge on any atom is -0.494 e. The van der Waals surface area contributed by atoms with Crippen LogP contribution in [0, 0.1) is 27.7 Å². The third-order valence-corrected chi connectivity index (χ3v) is 6.08. The third kappa shape index (κ3) is 5.58. The summed E-state index contributed by atoms with van der Waals surface area (Å²) in [4.78, 5) is 17.9. The molecule has 0 saturated heterocycles. The molecule has 0 bridgehead atoms. The van der Waals surface area contributed by atoms with Gasteiger partial charge in [0.05, 0.1) is 12.3 Å². The normalized spacial score (nSPS) is 10.8. The molecule has 6 heteroatoms. The van der Waals surface area contributed by atoms with E-state index in [1.165, 1.54) is 16.9 Å². The average molecular weight is 429 g/mol. The molecule has 1 amide bonds. The lowest BCUT2D eigenvalue weighted by Crippen LogP contribution is -2.12. The van der Waals surface area contributed by atoms with E-state index in [1.54, 1.807) is 0 Å². The molecule has 0 unspecified atom stereocenters. The van der Waals surface area contributed by atoms with E-state index < -0.39 is 0 Å². The number of amides is 1. The van der Waals surface area contributed by atoms with Crippen LogP contribution in [0.5, 0.6) is 5.75 Å². The molecule has 1 heterocycles. The van der Waals surface area contributed by atoms with Crippen LogP contribution in [0.25, 0.3) is 11.3 Å². The number of benzene rings is 2. The zero-order chi connectivity index (χ0) is 21.0. The highest BCUT2D eigenvalue weighted by Gasteiger charge is 2.12. The summed E-state index contributed by atoms with van der Waals surface area (Å²) >= 11 is 7.67. The Morgan fingerprint density at radius 2 is 1.76 bits per heavy atom. The number of ether oxygens (including phenoxy) is 1. The largest absolute Gasteiger partial charge is 0.494 e. The molecule has 152 valence electrons. The maximum absolute atomic E-state index is 12.3. The first-order chi connectivity index (χ1) is 13.8. The van der Waals surface area contributed by atoms with E-state index in [9.17, 15) is 4.79 Å². The van der Waals surface area contributed by atoms with Crippen LogP contribution in [-0.4, -0.2) is 17.5 Å². The predicted molar refractivity (Wildman–Crippen MR) is 121 cm³/mol. The number of aryl methyl sites for hydroxylation is 4. The fourth-order valence-electron chi connectivity index (χ4n) is 3.02. The van der Waals surface area contributed by atoms with E-state index in [-0.39, 0.29) is 5.91 Å². The van der Waals surface area contributed by atoms with Crippen LogP contribution in [0.2, 0.25) is 5.02 Å². The van der Waals surface area contributed by atoms with Gasteiger partial charge in [-0.15, -0.1) is 11.3 Å². The number of halogens is 1. The second kappa shape index (κ2) is 9.42. The lowest BCUT2D eigenvalue weighted by Gasteiger charge is -2.09. The van der Waals surface area contributed by atoms with Crippen molar-refractivity contribution < 1.29 is 9.53 Å². The molecule has 4 nitrogen and oxygen atoms in total. The van der Waals surface area contributed by atoms with Crippen molar-refractivity contribution in [3.8, 4) is 17.0 Å². The van der Waals surface area contributed by atoms with Crippen LogP contribution >= 0.6 is 22.9 Å². The van der Waals surface area contributed by atoms with Crippen molar-refractivity contribution in [3.05, 3.63) is 63.0 Å². The van der Waals surface area contributed by atoms with Gasteiger partial charge in [-0.25, -0.2) is 4.98 Å². The number of aromatic nitrogens is 1. The summed E-state index contributed by atoms with van der Waals surface area (Å²) in [6.45, 7) is 8.46. The first-order valence-corrected chi connectivity index (χ1v) is 10.8. The molecule has 0 aliphatic heterocycles. The monoisotopic (exact) mass is 428 g/mol. The molecule has 1 aromatic heterocycles. The van der Waals surface area contributed by atoms with E-state index >= 15 is 0 Å². The minimum atomic E-state index is -0.0544. The van der Waals surface area contributed by atoms with E-state index in [4.69, 9.17) is 16.3 Å². The van der Waals surface area contributed by atoms with Gasteiger partial charge in [0, 0.05) is 21.9 Å². The summed E-state index contributed by atoms with van der Waals surface area (Å²) in [7, 11) is 0. The van der Waals surface area contributed by atoms with Crippen LogP contribution in [0.4, 0.5) is 5.13 Å². The highest BCUT2D eigenvalue weighted by Crippen LogP contribution is 2.30. The van der Waals surface area contributed by atoms with E-state index in [0.29, 0.717) is 24.6 Å². The highest BCUT2D eigenvalue weighted by molar-refractivity contribution is 7.16. The number of nitrogens with one attached hydrogen (secondary N) is 1. The van der Waals surface area contributed by atoms with Crippen molar-refractivity contribution in [2.24, 2.45) is 0 Å². The minimum absolute atomic E-state index is 0.0544. The van der Waals surface area contributed by atoms with Crippen LogP contribution in [-0.2, 0) is 4.79 Å².